The highest BCUT2D eigenvalue weighted by molar-refractivity contribution is 5.91. The molecule has 0 spiro atoms. The van der Waals surface area contributed by atoms with E-state index in [4.69, 9.17) is 40.9 Å². The van der Waals surface area contributed by atoms with Crippen LogP contribution in [0.25, 0.3) is 0 Å². The van der Waals surface area contributed by atoms with Crippen molar-refractivity contribution in [2.75, 3.05) is 26.4 Å². The topological polar surface area (TPSA) is 239 Å². The molecular formula is C26H44O13. The second-order valence-electron chi connectivity index (χ2n) is 7.93. The SMILES string of the molecule is CCCCCCCC(O)O.O=C(O)CCCCC(=O)O.O=C(O)c1ccc(C(=O)O)cc1.OCCOCCO. The molecule has 1 aromatic carbocycles. The summed E-state index contributed by atoms with van der Waals surface area (Å²) in [4.78, 5) is 40.5. The fourth-order valence-electron chi connectivity index (χ4n) is 2.47. The van der Waals surface area contributed by atoms with Crippen LogP contribution in [0.15, 0.2) is 24.3 Å². The fourth-order valence-corrected chi connectivity index (χ4v) is 2.47. The first-order chi connectivity index (χ1) is 18.4. The number of rotatable bonds is 17. The Bertz CT molecular complexity index is 696. The largest absolute Gasteiger partial charge is 0.481 e. The summed E-state index contributed by atoms with van der Waals surface area (Å²) in [5.74, 6) is -3.87. The third-order valence-electron chi connectivity index (χ3n) is 4.45. The molecule has 0 radical (unpaired) electrons. The summed E-state index contributed by atoms with van der Waals surface area (Å²) in [6, 6.07) is 5.02. The standard InChI is InChI=1S/C8H6O4.C8H18O2.C6H10O4.C4H10O3/c9-7(10)5-1-2-6(4-3-5)8(11)12;1-2-3-4-5-6-7-8(9)10;7-5(8)3-1-2-4-6(9)10;5-1-3-7-4-2-6/h1-4H,(H,9,10)(H,11,12);8-10H,2-7H2,1H3;1-4H2,(H,7,8)(H,9,10);5-6H,1-4H2. The van der Waals surface area contributed by atoms with Crippen molar-refractivity contribution < 1.29 is 64.8 Å². The van der Waals surface area contributed by atoms with Crippen LogP contribution in [-0.4, -0.2) is 97.4 Å². The molecule has 39 heavy (non-hydrogen) atoms. The van der Waals surface area contributed by atoms with E-state index in [0.29, 0.717) is 32.5 Å². The normalized spacial score (nSPS) is 9.69. The van der Waals surface area contributed by atoms with Crippen LogP contribution in [0.3, 0.4) is 0 Å². The smallest absolute Gasteiger partial charge is 0.335 e. The summed E-state index contributed by atoms with van der Waals surface area (Å²) in [6.07, 6.45) is 6.25. The lowest BCUT2D eigenvalue weighted by molar-refractivity contribution is -0.139. The monoisotopic (exact) mass is 564 g/mol. The lowest BCUT2D eigenvalue weighted by Gasteiger charge is -2.01. The van der Waals surface area contributed by atoms with E-state index in [0.717, 1.165) is 12.8 Å². The minimum atomic E-state index is -1.10. The summed E-state index contributed by atoms with van der Waals surface area (Å²) in [5.41, 5.74) is 0.167. The Morgan fingerprint density at radius 1 is 0.667 bits per heavy atom. The molecule has 0 atom stereocenters. The number of aliphatic hydroxyl groups is 4. The van der Waals surface area contributed by atoms with Gasteiger partial charge in [0.25, 0.3) is 0 Å². The average molecular weight is 565 g/mol. The number of carboxylic acids is 4. The van der Waals surface area contributed by atoms with Crippen LogP contribution in [-0.2, 0) is 14.3 Å². The molecule has 13 heteroatoms. The molecule has 0 aliphatic carbocycles. The minimum Gasteiger partial charge on any atom is -0.481 e. The number of benzene rings is 1. The number of hydrogen-bond acceptors (Lipinski definition) is 9. The summed E-state index contributed by atoms with van der Waals surface area (Å²) in [6.45, 7) is 2.86. The Labute approximate surface area is 228 Å². The van der Waals surface area contributed by atoms with Crippen LogP contribution in [0.2, 0.25) is 0 Å². The van der Waals surface area contributed by atoms with Crippen molar-refractivity contribution in [3.05, 3.63) is 35.4 Å². The van der Waals surface area contributed by atoms with E-state index in [1.54, 1.807) is 0 Å². The molecule has 0 saturated carbocycles. The van der Waals surface area contributed by atoms with Crippen molar-refractivity contribution in [2.45, 2.75) is 77.4 Å². The quantitative estimate of drug-likeness (QED) is 0.100. The zero-order valence-electron chi connectivity index (χ0n) is 22.4. The van der Waals surface area contributed by atoms with E-state index in [-0.39, 0.29) is 37.2 Å². The van der Waals surface area contributed by atoms with Gasteiger partial charge in [-0.05, 0) is 49.9 Å². The van der Waals surface area contributed by atoms with Crippen molar-refractivity contribution in [3.8, 4) is 0 Å². The van der Waals surface area contributed by atoms with Crippen molar-refractivity contribution in [3.63, 3.8) is 0 Å². The highest BCUT2D eigenvalue weighted by atomic mass is 16.5. The number of aliphatic carboxylic acids is 2. The van der Waals surface area contributed by atoms with Gasteiger partial charge >= 0.3 is 23.9 Å². The van der Waals surface area contributed by atoms with Crippen molar-refractivity contribution in [1.29, 1.82) is 0 Å². The van der Waals surface area contributed by atoms with Gasteiger partial charge in [-0.25, -0.2) is 9.59 Å². The lowest BCUT2D eigenvalue weighted by Crippen LogP contribution is -2.03. The van der Waals surface area contributed by atoms with Crippen LogP contribution in [0, 0.1) is 0 Å². The summed E-state index contributed by atoms with van der Waals surface area (Å²) in [5, 5.41) is 66.3. The number of aromatic carboxylic acids is 2. The van der Waals surface area contributed by atoms with E-state index in [1.807, 2.05) is 0 Å². The number of carbonyl (C=O) groups is 4. The Morgan fingerprint density at radius 3 is 1.33 bits per heavy atom. The number of ether oxygens (including phenoxy) is 1. The molecule has 0 amide bonds. The summed E-state index contributed by atoms with van der Waals surface area (Å²) in [7, 11) is 0. The third kappa shape index (κ3) is 34.9. The predicted octanol–water partition coefficient (Wildman–Crippen LogP) is 2.44. The molecule has 0 aliphatic rings. The molecule has 0 bridgehead atoms. The molecule has 13 nitrogen and oxygen atoms in total. The molecule has 0 unspecified atom stereocenters. The van der Waals surface area contributed by atoms with Crippen molar-refractivity contribution in [1.82, 2.24) is 0 Å². The molecule has 0 heterocycles. The van der Waals surface area contributed by atoms with E-state index < -0.39 is 30.2 Å². The summed E-state index contributed by atoms with van der Waals surface area (Å²) < 4.78 is 4.63. The van der Waals surface area contributed by atoms with Crippen molar-refractivity contribution >= 4 is 23.9 Å². The molecule has 226 valence electrons. The van der Waals surface area contributed by atoms with Crippen molar-refractivity contribution in [2.24, 2.45) is 0 Å². The van der Waals surface area contributed by atoms with Crippen LogP contribution >= 0.6 is 0 Å². The number of hydrogen-bond donors (Lipinski definition) is 8. The first-order valence-corrected chi connectivity index (χ1v) is 12.6. The van der Waals surface area contributed by atoms with Gasteiger partial charge in [-0.1, -0.05) is 32.6 Å². The zero-order valence-corrected chi connectivity index (χ0v) is 22.4. The van der Waals surface area contributed by atoms with Gasteiger partial charge in [0.05, 0.1) is 37.6 Å². The average Bonchev–Trinajstić information content (AvgIpc) is 2.88. The maximum absolute atomic E-state index is 10.3. The van der Waals surface area contributed by atoms with Gasteiger partial charge in [0.2, 0.25) is 0 Å². The second-order valence-corrected chi connectivity index (χ2v) is 7.93. The van der Waals surface area contributed by atoms with Gasteiger partial charge in [-0.3, -0.25) is 9.59 Å². The minimum absolute atomic E-state index is 0.0278. The van der Waals surface area contributed by atoms with Gasteiger partial charge in [0, 0.05) is 12.8 Å². The lowest BCUT2D eigenvalue weighted by atomic mass is 10.1. The second kappa shape index (κ2) is 29.5. The Hall–Kier alpha value is -3.10. The number of unbranched alkanes of at least 4 members (excludes halogenated alkanes) is 5. The third-order valence-corrected chi connectivity index (χ3v) is 4.45. The molecule has 0 aromatic heterocycles. The highest BCUT2D eigenvalue weighted by Gasteiger charge is 2.05. The Morgan fingerprint density at radius 2 is 1.05 bits per heavy atom. The van der Waals surface area contributed by atoms with Gasteiger partial charge in [0.15, 0.2) is 6.29 Å². The molecular weight excluding hydrogens is 520 g/mol. The van der Waals surface area contributed by atoms with E-state index in [9.17, 15) is 19.2 Å². The molecule has 1 aromatic rings. The molecule has 0 aliphatic heterocycles. The fraction of sp³-hybridized carbons (Fsp3) is 0.615. The summed E-state index contributed by atoms with van der Waals surface area (Å²) >= 11 is 0. The first kappa shape index (κ1) is 40.4. The number of carboxylic acid groups (broad SMARTS) is 4. The molecule has 8 N–H and O–H groups in total. The molecule has 0 saturated heterocycles. The maximum Gasteiger partial charge on any atom is 0.335 e. The maximum atomic E-state index is 10.3. The van der Waals surface area contributed by atoms with E-state index >= 15 is 0 Å². The molecule has 1 rings (SSSR count). The Kier molecular flexibility index (Phi) is 30.5. The first-order valence-electron chi connectivity index (χ1n) is 12.6. The van der Waals surface area contributed by atoms with Crippen LogP contribution < -0.4 is 0 Å². The van der Waals surface area contributed by atoms with Gasteiger partial charge in [-0.2, -0.15) is 0 Å². The van der Waals surface area contributed by atoms with E-state index in [1.165, 1.54) is 43.5 Å². The number of aliphatic hydroxyl groups excluding tert-OH is 3. The van der Waals surface area contributed by atoms with Gasteiger partial charge < -0.3 is 45.6 Å². The van der Waals surface area contributed by atoms with Crippen LogP contribution in [0.1, 0.15) is 91.8 Å². The molecule has 0 fully saturated rings. The predicted molar refractivity (Wildman–Crippen MR) is 141 cm³/mol. The van der Waals surface area contributed by atoms with Gasteiger partial charge in [-0.15, -0.1) is 0 Å². The highest BCUT2D eigenvalue weighted by Crippen LogP contribution is 2.06. The van der Waals surface area contributed by atoms with Gasteiger partial charge in [0.1, 0.15) is 0 Å². The van der Waals surface area contributed by atoms with Crippen LogP contribution in [0.5, 0.6) is 0 Å². The van der Waals surface area contributed by atoms with Crippen LogP contribution in [0.4, 0.5) is 0 Å². The van der Waals surface area contributed by atoms with E-state index in [2.05, 4.69) is 11.7 Å². The zero-order chi connectivity index (χ0) is 30.5. The Balaban J connectivity index is -0.000000451.